The minimum atomic E-state index is -0.471. The zero-order chi connectivity index (χ0) is 9.40. The van der Waals surface area contributed by atoms with Gasteiger partial charge in [-0.3, -0.25) is 0 Å². The smallest absolute Gasteiger partial charge is 0.335 e. The Balaban J connectivity index is 4.33. The van der Waals surface area contributed by atoms with Crippen molar-refractivity contribution in [3.63, 3.8) is 0 Å². The van der Waals surface area contributed by atoms with Gasteiger partial charge >= 0.3 is 5.97 Å². The Morgan fingerprint density at radius 1 is 1.42 bits per heavy atom. The van der Waals surface area contributed by atoms with Crippen molar-refractivity contribution in [3.8, 4) is 0 Å². The molecule has 12 heavy (non-hydrogen) atoms. The standard InChI is InChI=1S/C10H12O2/c1-4-7-9(8-5-2)12-10(11)6-3/h4-8H,1,3H2,2H3/b8-5-,9-7+. The lowest BCUT2D eigenvalue weighted by Gasteiger charge is -1.99. The molecule has 0 aromatic heterocycles. The topological polar surface area (TPSA) is 26.3 Å². The molecule has 0 atom stereocenters. The predicted octanol–water partition coefficient (Wildman–Crippen LogP) is 2.36. The first kappa shape index (κ1) is 10.4. The molecule has 0 heterocycles. The number of ether oxygens (including phenoxy) is 1. The minimum Gasteiger partial charge on any atom is -0.423 e. The molecule has 0 amide bonds. The summed E-state index contributed by atoms with van der Waals surface area (Å²) in [5.74, 6) is -0.0152. The molecule has 0 saturated carbocycles. The molecule has 0 spiro atoms. The van der Waals surface area contributed by atoms with E-state index in [-0.39, 0.29) is 0 Å². The van der Waals surface area contributed by atoms with Crippen LogP contribution in [-0.2, 0) is 9.53 Å². The van der Waals surface area contributed by atoms with E-state index in [0.29, 0.717) is 5.76 Å². The molecule has 0 aliphatic carbocycles. The van der Waals surface area contributed by atoms with Crippen LogP contribution in [0.2, 0.25) is 0 Å². The molecule has 0 fully saturated rings. The zero-order valence-corrected chi connectivity index (χ0v) is 7.12. The highest BCUT2D eigenvalue weighted by Crippen LogP contribution is 2.00. The molecule has 0 rings (SSSR count). The number of hydrogen-bond acceptors (Lipinski definition) is 2. The molecule has 2 nitrogen and oxygen atoms in total. The Kier molecular flexibility index (Phi) is 5.35. The van der Waals surface area contributed by atoms with Crippen molar-refractivity contribution < 1.29 is 9.53 Å². The van der Waals surface area contributed by atoms with Crippen LogP contribution in [0.3, 0.4) is 0 Å². The van der Waals surface area contributed by atoms with E-state index in [9.17, 15) is 4.79 Å². The summed E-state index contributed by atoms with van der Waals surface area (Å²) < 4.78 is 4.83. The van der Waals surface area contributed by atoms with Crippen molar-refractivity contribution in [2.24, 2.45) is 0 Å². The molecule has 0 aromatic carbocycles. The molecular weight excluding hydrogens is 152 g/mol. The summed E-state index contributed by atoms with van der Waals surface area (Å²) in [6.45, 7) is 8.60. The van der Waals surface area contributed by atoms with E-state index in [4.69, 9.17) is 4.74 Å². The molecule has 0 aliphatic heterocycles. The van der Waals surface area contributed by atoms with Gasteiger partial charge in [-0.1, -0.05) is 25.3 Å². The first-order valence-corrected chi connectivity index (χ1v) is 3.54. The Morgan fingerprint density at radius 3 is 2.50 bits per heavy atom. The maximum Gasteiger partial charge on any atom is 0.335 e. The van der Waals surface area contributed by atoms with E-state index in [2.05, 4.69) is 13.2 Å². The van der Waals surface area contributed by atoms with Crippen LogP contribution in [-0.4, -0.2) is 5.97 Å². The molecule has 0 bridgehead atoms. The molecule has 0 aliphatic rings. The third-order valence-electron chi connectivity index (χ3n) is 0.998. The summed E-state index contributed by atoms with van der Waals surface area (Å²) in [7, 11) is 0. The average Bonchev–Trinajstić information content (AvgIpc) is 2.05. The fraction of sp³-hybridized carbons (Fsp3) is 0.100. The van der Waals surface area contributed by atoms with Crippen molar-refractivity contribution in [1.29, 1.82) is 0 Å². The molecule has 0 unspecified atom stereocenters. The van der Waals surface area contributed by atoms with Gasteiger partial charge in [-0.25, -0.2) is 4.79 Å². The summed E-state index contributed by atoms with van der Waals surface area (Å²) in [5, 5.41) is 0. The summed E-state index contributed by atoms with van der Waals surface area (Å²) in [6, 6.07) is 0. The first-order chi connectivity index (χ1) is 5.74. The van der Waals surface area contributed by atoms with Gasteiger partial charge in [-0.15, -0.1) is 0 Å². The summed E-state index contributed by atoms with van der Waals surface area (Å²) >= 11 is 0. The second-order valence-corrected chi connectivity index (χ2v) is 1.93. The van der Waals surface area contributed by atoms with Crippen molar-refractivity contribution in [2.75, 3.05) is 0 Å². The van der Waals surface area contributed by atoms with Crippen molar-refractivity contribution in [1.82, 2.24) is 0 Å². The van der Waals surface area contributed by atoms with Crippen molar-refractivity contribution >= 4 is 5.97 Å². The van der Waals surface area contributed by atoms with Crippen molar-refractivity contribution in [2.45, 2.75) is 6.92 Å². The number of carbonyl (C=O) groups is 1. The lowest BCUT2D eigenvalue weighted by Crippen LogP contribution is -1.97. The Bertz CT molecular complexity index is 234. The van der Waals surface area contributed by atoms with Gasteiger partial charge in [0.1, 0.15) is 5.76 Å². The van der Waals surface area contributed by atoms with Crippen LogP contribution in [0.1, 0.15) is 6.92 Å². The van der Waals surface area contributed by atoms with Gasteiger partial charge in [0.15, 0.2) is 0 Å². The quantitative estimate of drug-likeness (QED) is 0.276. The van der Waals surface area contributed by atoms with E-state index in [1.807, 2.05) is 6.92 Å². The van der Waals surface area contributed by atoms with E-state index < -0.39 is 5.97 Å². The lowest BCUT2D eigenvalue weighted by molar-refractivity contribution is -0.133. The largest absolute Gasteiger partial charge is 0.423 e. The SMILES string of the molecule is C=C/C=C(\C=C/C)OC(=O)C=C. The Hall–Kier alpha value is -1.57. The van der Waals surface area contributed by atoms with E-state index in [0.717, 1.165) is 6.08 Å². The van der Waals surface area contributed by atoms with Crippen LogP contribution in [0.5, 0.6) is 0 Å². The van der Waals surface area contributed by atoms with Crippen molar-refractivity contribution in [3.05, 3.63) is 49.3 Å². The Labute approximate surface area is 72.5 Å². The number of carbonyl (C=O) groups excluding carboxylic acids is 1. The molecule has 2 heteroatoms. The summed E-state index contributed by atoms with van der Waals surface area (Å²) in [6.07, 6.45) is 7.70. The first-order valence-electron chi connectivity index (χ1n) is 3.54. The normalized spacial score (nSPS) is 11.2. The predicted molar refractivity (Wildman–Crippen MR) is 49.4 cm³/mol. The average molecular weight is 164 g/mol. The van der Waals surface area contributed by atoms with Crippen LogP contribution < -0.4 is 0 Å². The molecule has 0 saturated heterocycles. The van der Waals surface area contributed by atoms with Crippen LogP contribution in [0, 0.1) is 0 Å². The van der Waals surface area contributed by atoms with E-state index in [1.54, 1.807) is 24.3 Å². The number of allylic oxidation sites excluding steroid dienone is 4. The maximum atomic E-state index is 10.7. The van der Waals surface area contributed by atoms with E-state index >= 15 is 0 Å². The van der Waals surface area contributed by atoms with Gasteiger partial charge in [-0.05, 0) is 19.1 Å². The van der Waals surface area contributed by atoms with Crippen LogP contribution in [0.15, 0.2) is 49.3 Å². The number of esters is 1. The van der Waals surface area contributed by atoms with E-state index in [1.165, 1.54) is 0 Å². The highest BCUT2D eigenvalue weighted by Gasteiger charge is 1.96. The van der Waals surface area contributed by atoms with Gasteiger partial charge in [0.2, 0.25) is 0 Å². The van der Waals surface area contributed by atoms with Gasteiger partial charge in [0.05, 0.1) is 0 Å². The second kappa shape index (κ2) is 6.16. The third kappa shape index (κ3) is 4.28. The molecule has 0 N–H and O–H groups in total. The number of rotatable bonds is 4. The summed E-state index contributed by atoms with van der Waals surface area (Å²) in [5.41, 5.74) is 0. The fourth-order valence-corrected chi connectivity index (χ4v) is 0.562. The zero-order valence-electron chi connectivity index (χ0n) is 7.12. The van der Waals surface area contributed by atoms with Crippen LogP contribution in [0.25, 0.3) is 0 Å². The third-order valence-corrected chi connectivity index (χ3v) is 0.998. The van der Waals surface area contributed by atoms with Gasteiger partial charge in [0, 0.05) is 6.08 Å². The fourth-order valence-electron chi connectivity index (χ4n) is 0.562. The second-order valence-electron chi connectivity index (χ2n) is 1.93. The minimum absolute atomic E-state index is 0.456. The highest BCUT2D eigenvalue weighted by molar-refractivity contribution is 5.82. The maximum absolute atomic E-state index is 10.7. The molecule has 0 radical (unpaired) electrons. The molecular formula is C10H12O2. The Morgan fingerprint density at radius 2 is 2.08 bits per heavy atom. The van der Waals surface area contributed by atoms with Gasteiger partial charge < -0.3 is 4.74 Å². The molecule has 64 valence electrons. The van der Waals surface area contributed by atoms with Gasteiger partial charge in [-0.2, -0.15) is 0 Å². The van der Waals surface area contributed by atoms with Gasteiger partial charge in [0.25, 0.3) is 0 Å². The summed E-state index contributed by atoms with van der Waals surface area (Å²) in [4.78, 5) is 10.7. The monoisotopic (exact) mass is 164 g/mol. The number of hydrogen-bond donors (Lipinski definition) is 0. The van der Waals surface area contributed by atoms with Crippen LogP contribution in [0.4, 0.5) is 0 Å². The van der Waals surface area contributed by atoms with Crippen LogP contribution >= 0.6 is 0 Å². The highest BCUT2D eigenvalue weighted by atomic mass is 16.5. The molecule has 0 aromatic rings. The lowest BCUT2D eigenvalue weighted by atomic mass is 10.4.